The van der Waals surface area contributed by atoms with Crippen LogP contribution in [0, 0.1) is 17.3 Å². The standard InChI is InChI=1S/C15H26O/c1-4-5-14-11(2)6-7-12-10-13(16)8-9-15(12,14)3/h7,11,13-14,16H,4-6,8-10H2,1-3H3/t11?,13?,14?,15-/m0/s1. The summed E-state index contributed by atoms with van der Waals surface area (Å²) in [6.07, 6.45) is 9.35. The SMILES string of the molecule is CCCC1C(C)CC=C2CC(O)CC[C@@]21C. The maximum atomic E-state index is 9.80. The molecule has 0 heterocycles. The van der Waals surface area contributed by atoms with Gasteiger partial charge in [0.2, 0.25) is 0 Å². The zero-order valence-corrected chi connectivity index (χ0v) is 11.0. The topological polar surface area (TPSA) is 20.2 Å². The van der Waals surface area contributed by atoms with Gasteiger partial charge in [-0.1, -0.05) is 38.8 Å². The molecule has 1 fully saturated rings. The molecule has 0 aromatic heterocycles. The number of fused-ring (bicyclic) bond motifs is 1. The van der Waals surface area contributed by atoms with E-state index in [0.717, 1.165) is 24.7 Å². The van der Waals surface area contributed by atoms with Gasteiger partial charge in [-0.15, -0.1) is 0 Å². The van der Waals surface area contributed by atoms with Gasteiger partial charge in [0, 0.05) is 0 Å². The largest absolute Gasteiger partial charge is 0.393 e. The maximum Gasteiger partial charge on any atom is 0.0577 e. The highest BCUT2D eigenvalue weighted by Crippen LogP contribution is 2.53. The Balaban J connectivity index is 2.24. The Morgan fingerprint density at radius 3 is 2.94 bits per heavy atom. The quantitative estimate of drug-likeness (QED) is 0.702. The third-order valence-corrected chi connectivity index (χ3v) is 5.03. The molecule has 0 aromatic rings. The average molecular weight is 222 g/mol. The second kappa shape index (κ2) is 4.52. The van der Waals surface area contributed by atoms with Crippen LogP contribution in [0.5, 0.6) is 0 Å². The molecule has 1 saturated carbocycles. The van der Waals surface area contributed by atoms with Crippen molar-refractivity contribution in [2.45, 2.75) is 65.4 Å². The summed E-state index contributed by atoms with van der Waals surface area (Å²) in [6, 6.07) is 0. The van der Waals surface area contributed by atoms with E-state index in [4.69, 9.17) is 0 Å². The first-order valence-electron chi connectivity index (χ1n) is 6.95. The fourth-order valence-corrected chi connectivity index (χ4v) is 3.99. The van der Waals surface area contributed by atoms with Crippen LogP contribution in [0.3, 0.4) is 0 Å². The van der Waals surface area contributed by atoms with E-state index in [2.05, 4.69) is 26.8 Å². The van der Waals surface area contributed by atoms with Gasteiger partial charge in [-0.05, 0) is 49.4 Å². The van der Waals surface area contributed by atoms with E-state index in [-0.39, 0.29) is 6.10 Å². The van der Waals surface area contributed by atoms with Crippen molar-refractivity contribution in [3.8, 4) is 0 Å². The molecule has 0 bridgehead atoms. The molecule has 0 radical (unpaired) electrons. The van der Waals surface area contributed by atoms with E-state index >= 15 is 0 Å². The summed E-state index contributed by atoms with van der Waals surface area (Å²) < 4.78 is 0. The zero-order chi connectivity index (χ0) is 11.8. The van der Waals surface area contributed by atoms with Crippen molar-refractivity contribution in [2.75, 3.05) is 0 Å². The van der Waals surface area contributed by atoms with Crippen molar-refractivity contribution in [3.05, 3.63) is 11.6 Å². The van der Waals surface area contributed by atoms with Gasteiger partial charge in [0.25, 0.3) is 0 Å². The zero-order valence-electron chi connectivity index (χ0n) is 11.0. The Hall–Kier alpha value is -0.300. The van der Waals surface area contributed by atoms with Gasteiger partial charge in [-0.25, -0.2) is 0 Å². The highest BCUT2D eigenvalue weighted by Gasteiger charge is 2.44. The Morgan fingerprint density at radius 1 is 1.50 bits per heavy atom. The molecule has 0 spiro atoms. The molecule has 2 aliphatic rings. The fraction of sp³-hybridized carbons (Fsp3) is 0.867. The van der Waals surface area contributed by atoms with Gasteiger partial charge in [-0.3, -0.25) is 0 Å². The summed E-state index contributed by atoms with van der Waals surface area (Å²) in [5.41, 5.74) is 1.95. The normalized spacial score (nSPS) is 43.8. The number of hydrogen-bond donors (Lipinski definition) is 1. The first kappa shape index (κ1) is 12.2. The Kier molecular flexibility index (Phi) is 3.44. The average Bonchev–Trinajstić information content (AvgIpc) is 2.25. The van der Waals surface area contributed by atoms with Gasteiger partial charge < -0.3 is 5.11 Å². The predicted molar refractivity (Wildman–Crippen MR) is 68.2 cm³/mol. The molecule has 16 heavy (non-hydrogen) atoms. The first-order chi connectivity index (χ1) is 7.58. The lowest BCUT2D eigenvalue weighted by molar-refractivity contribution is 0.0512. The number of rotatable bonds is 2. The predicted octanol–water partition coefficient (Wildman–Crippen LogP) is 3.92. The third kappa shape index (κ3) is 1.95. The highest BCUT2D eigenvalue weighted by molar-refractivity contribution is 5.22. The number of aliphatic hydroxyl groups is 1. The van der Waals surface area contributed by atoms with E-state index in [9.17, 15) is 5.11 Å². The fourth-order valence-electron chi connectivity index (χ4n) is 3.99. The monoisotopic (exact) mass is 222 g/mol. The minimum atomic E-state index is -0.0741. The Bertz CT molecular complexity index is 281. The van der Waals surface area contributed by atoms with Gasteiger partial charge in [-0.2, -0.15) is 0 Å². The molecule has 2 aliphatic carbocycles. The molecule has 0 aliphatic heterocycles. The molecule has 1 nitrogen and oxygen atoms in total. The third-order valence-electron chi connectivity index (χ3n) is 5.03. The highest BCUT2D eigenvalue weighted by atomic mass is 16.3. The molecule has 3 unspecified atom stereocenters. The molecule has 92 valence electrons. The summed E-state index contributed by atoms with van der Waals surface area (Å²) in [5, 5.41) is 9.80. The van der Waals surface area contributed by atoms with Gasteiger partial charge in [0.05, 0.1) is 6.10 Å². The number of aliphatic hydroxyl groups excluding tert-OH is 1. The van der Waals surface area contributed by atoms with Crippen LogP contribution in [0.1, 0.15) is 59.3 Å². The second-order valence-corrected chi connectivity index (χ2v) is 6.15. The van der Waals surface area contributed by atoms with Gasteiger partial charge in [0.15, 0.2) is 0 Å². The van der Waals surface area contributed by atoms with Crippen molar-refractivity contribution < 1.29 is 5.11 Å². The van der Waals surface area contributed by atoms with Crippen LogP contribution < -0.4 is 0 Å². The lowest BCUT2D eigenvalue weighted by atomic mass is 9.56. The summed E-state index contributed by atoms with van der Waals surface area (Å²) in [5.74, 6) is 1.66. The first-order valence-corrected chi connectivity index (χ1v) is 6.95. The van der Waals surface area contributed by atoms with Crippen LogP contribution in [-0.4, -0.2) is 11.2 Å². The molecule has 0 amide bonds. The van der Waals surface area contributed by atoms with Crippen molar-refractivity contribution in [1.82, 2.24) is 0 Å². The molecular formula is C15H26O. The van der Waals surface area contributed by atoms with Crippen LogP contribution in [-0.2, 0) is 0 Å². The molecule has 0 aromatic carbocycles. The van der Waals surface area contributed by atoms with Crippen molar-refractivity contribution in [2.24, 2.45) is 17.3 Å². The van der Waals surface area contributed by atoms with Crippen molar-refractivity contribution in [3.63, 3.8) is 0 Å². The lowest BCUT2D eigenvalue weighted by Crippen LogP contribution is -2.41. The van der Waals surface area contributed by atoms with Gasteiger partial charge >= 0.3 is 0 Å². The molecule has 0 saturated heterocycles. The number of allylic oxidation sites excluding steroid dienone is 1. The van der Waals surface area contributed by atoms with E-state index in [1.54, 1.807) is 5.57 Å². The van der Waals surface area contributed by atoms with Crippen LogP contribution in [0.2, 0.25) is 0 Å². The van der Waals surface area contributed by atoms with E-state index in [1.165, 1.54) is 25.7 Å². The number of hydrogen-bond acceptors (Lipinski definition) is 1. The smallest absolute Gasteiger partial charge is 0.0577 e. The van der Waals surface area contributed by atoms with E-state index < -0.39 is 0 Å². The molecule has 1 N–H and O–H groups in total. The summed E-state index contributed by atoms with van der Waals surface area (Å²) in [7, 11) is 0. The second-order valence-electron chi connectivity index (χ2n) is 6.15. The van der Waals surface area contributed by atoms with Crippen LogP contribution in [0.25, 0.3) is 0 Å². The van der Waals surface area contributed by atoms with Gasteiger partial charge in [0.1, 0.15) is 0 Å². The van der Waals surface area contributed by atoms with Crippen molar-refractivity contribution in [1.29, 1.82) is 0 Å². The van der Waals surface area contributed by atoms with Crippen molar-refractivity contribution >= 4 is 0 Å². The molecule has 1 heteroatoms. The summed E-state index contributed by atoms with van der Waals surface area (Å²) in [4.78, 5) is 0. The van der Waals surface area contributed by atoms with Crippen LogP contribution >= 0.6 is 0 Å². The van der Waals surface area contributed by atoms with Crippen LogP contribution in [0.15, 0.2) is 11.6 Å². The Morgan fingerprint density at radius 2 is 2.25 bits per heavy atom. The van der Waals surface area contributed by atoms with E-state index in [1.807, 2.05) is 0 Å². The minimum Gasteiger partial charge on any atom is -0.393 e. The maximum absolute atomic E-state index is 9.80. The van der Waals surface area contributed by atoms with Crippen LogP contribution in [0.4, 0.5) is 0 Å². The minimum absolute atomic E-state index is 0.0741. The Labute approximate surface area is 99.9 Å². The summed E-state index contributed by atoms with van der Waals surface area (Å²) in [6.45, 7) is 7.15. The summed E-state index contributed by atoms with van der Waals surface area (Å²) >= 11 is 0. The van der Waals surface area contributed by atoms with E-state index in [0.29, 0.717) is 5.41 Å². The molecule has 2 rings (SSSR count). The molecular weight excluding hydrogens is 196 g/mol. The molecule has 4 atom stereocenters. The lowest BCUT2D eigenvalue weighted by Gasteiger charge is -2.49.